The molecule has 0 aromatic carbocycles. The fourth-order valence-corrected chi connectivity index (χ4v) is 1.78. The highest BCUT2D eigenvalue weighted by Gasteiger charge is 2.45. The van der Waals surface area contributed by atoms with Gasteiger partial charge in [0.15, 0.2) is 5.65 Å². The molecule has 0 aliphatic heterocycles. The Labute approximate surface area is 91.7 Å². The minimum atomic E-state index is -0.263. The van der Waals surface area contributed by atoms with E-state index in [9.17, 15) is 4.79 Å². The number of anilines is 1. The molecule has 2 N–H and O–H groups in total. The quantitative estimate of drug-likeness (QED) is 0.776. The van der Waals surface area contributed by atoms with Crippen molar-refractivity contribution >= 4 is 11.5 Å². The van der Waals surface area contributed by atoms with E-state index in [1.807, 2.05) is 0 Å². The molecule has 1 saturated carbocycles. The molecule has 6 nitrogen and oxygen atoms in total. The van der Waals surface area contributed by atoms with Crippen LogP contribution in [0, 0.1) is 5.41 Å². The number of fused-ring (bicyclic) bond motifs is 1. The predicted molar refractivity (Wildman–Crippen MR) is 59.4 cm³/mol. The van der Waals surface area contributed by atoms with Crippen molar-refractivity contribution in [2.24, 2.45) is 5.41 Å². The molecule has 1 atom stereocenters. The first-order chi connectivity index (χ1) is 7.56. The molecule has 3 rings (SSSR count). The van der Waals surface area contributed by atoms with Gasteiger partial charge >= 0.3 is 5.69 Å². The van der Waals surface area contributed by atoms with E-state index in [1.54, 1.807) is 6.07 Å². The third-order valence-corrected chi connectivity index (χ3v) is 3.15. The van der Waals surface area contributed by atoms with Gasteiger partial charge in [0.25, 0.3) is 0 Å². The van der Waals surface area contributed by atoms with Crippen molar-refractivity contribution in [2.45, 2.75) is 26.3 Å². The normalized spacial score (nSPS) is 22.2. The maximum atomic E-state index is 11.2. The second kappa shape index (κ2) is 2.84. The molecule has 16 heavy (non-hydrogen) atoms. The van der Waals surface area contributed by atoms with Gasteiger partial charge in [0.2, 0.25) is 0 Å². The van der Waals surface area contributed by atoms with Gasteiger partial charge in [0, 0.05) is 12.1 Å². The molecule has 0 bridgehead atoms. The summed E-state index contributed by atoms with van der Waals surface area (Å²) in [5, 5.41) is 9.59. The molecule has 1 aliphatic carbocycles. The largest absolute Gasteiger partial charge is 0.367 e. The van der Waals surface area contributed by atoms with Crippen LogP contribution in [0.3, 0.4) is 0 Å². The van der Waals surface area contributed by atoms with Crippen molar-refractivity contribution in [3.8, 4) is 0 Å². The molecule has 2 aromatic rings. The van der Waals surface area contributed by atoms with Crippen LogP contribution >= 0.6 is 0 Å². The van der Waals surface area contributed by atoms with Crippen molar-refractivity contribution in [2.75, 3.05) is 5.32 Å². The number of hydrogen-bond donors (Lipinski definition) is 2. The number of rotatable bonds is 2. The lowest BCUT2D eigenvalue weighted by atomic mass is 10.2. The lowest BCUT2D eigenvalue weighted by Crippen LogP contribution is -2.12. The van der Waals surface area contributed by atoms with Crippen LogP contribution in [-0.2, 0) is 0 Å². The molecular weight excluding hydrogens is 206 g/mol. The maximum Gasteiger partial charge on any atom is 0.348 e. The van der Waals surface area contributed by atoms with Gasteiger partial charge in [-0.3, -0.25) is 0 Å². The number of aromatic amines is 1. The lowest BCUT2D eigenvalue weighted by molar-refractivity contribution is 0.630. The van der Waals surface area contributed by atoms with Crippen LogP contribution in [0.2, 0.25) is 0 Å². The Morgan fingerprint density at radius 1 is 1.62 bits per heavy atom. The van der Waals surface area contributed by atoms with Crippen molar-refractivity contribution < 1.29 is 0 Å². The molecular formula is C10H13N5O. The first-order valence-corrected chi connectivity index (χ1v) is 5.26. The first kappa shape index (κ1) is 9.38. The second-order valence-corrected chi connectivity index (χ2v) is 4.92. The molecule has 2 aromatic heterocycles. The summed E-state index contributed by atoms with van der Waals surface area (Å²) in [7, 11) is 0. The smallest absolute Gasteiger partial charge is 0.348 e. The SMILES string of the molecule is CC1(C)CC1Nc1cc2n[nH]c(=O)n2cn1. The van der Waals surface area contributed by atoms with Gasteiger partial charge in [-0.25, -0.2) is 19.3 Å². The third kappa shape index (κ3) is 1.37. The van der Waals surface area contributed by atoms with Crippen LogP contribution < -0.4 is 11.0 Å². The molecule has 6 heteroatoms. The van der Waals surface area contributed by atoms with E-state index in [1.165, 1.54) is 10.7 Å². The molecule has 0 radical (unpaired) electrons. The molecule has 1 aliphatic rings. The van der Waals surface area contributed by atoms with Gasteiger partial charge in [-0.2, -0.15) is 5.10 Å². The summed E-state index contributed by atoms with van der Waals surface area (Å²) < 4.78 is 1.38. The summed E-state index contributed by atoms with van der Waals surface area (Å²) in [4.78, 5) is 15.4. The van der Waals surface area contributed by atoms with E-state index < -0.39 is 0 Å². The second-order valence-electron chi connectivity index (χ2n) is 4.92. The summed E-state index contributed by atoms with van der Waals surface area (Å²) in [6.07, 6.45) is 2.63. The van der Waals surface area contributed by atoms with Crippen molar-refractivity contribution in [1.29, 1.82) is 0 Å². The van der Waals surface area contributed by atoms with Gasteiger partial charge in [0.05, 0.1) is 0 Å². The van der Waals surface area contributed by atoms with Gasteiger partial charge in [-0.1, -0.05) is 13.8 Å². The van der Waals surface area contributed by atoms with Crippen LogP contribution in [0.25, 0.3) is 5.65 Å². The molecule has 0 spiro atoms. The highest BCUT2D eigenvalue weighted by atomic mass is 16.1. The molecule has 0 saturated heterocycles. The Kier molecular flexibility index (Phi) is 1.66. The Morgan fingerprint density at radius 3 is 3.06 bits per heavy atom. The zero-order valence-electron chi connectivity index (χ0n) is 9.19. The van der Waals surface area contributed by atoms with Crippen LogP contribution in [0.4, 0.5) is 5.82 Å². The fourth-order valence-electron chi connectivity index (χ4n) is 1.78. The summed E-state index contributed by atoms with van der Waals surface area (Å²) in [5.41, 5.74) is 0.667. The Hall–Kier alpha value is -1.85. The minimum Gasteiger partial charge on any atom is -0.367 e. The van der Waals surface area contributed by atoms with E-state index in [0.717, 1.165) is 12.2 Å². The van der Waals surface area contributed by atoms with E-state index in [4.69, 9.17) is 0 Å². The fraction of sp³-hybridized carbons (Fsp3) is 0.500. The Balaban J connectivity index is 1.91. The first-order valence-electron chi connectivity index (χ1n) is 5.26. The molecule has 1 unspecified atom stereocenters. The van der Waals surface area contributed by atoms with Gasteiger partial charge in [-0.15, -0.1) is 0 Å². The van der Waals surface area contributed by atoms with Crippen LogP contribution in [0.15, 0.2) is 17.2 Å². The van der Waals surface area contributed by atoms with E-state index in [0.29, 0.717) is 17.1 Å². The molecule has 0 amide bonds. The average Bonchev–Trinajstić information content (AvgIpc) is 2.67. The average molecular weight is 219 g/mol. The zero-order chi connectivity index (χ0) is 11.3. The number of H-pyrrole nitrogens is 1. The highest BCUT2D eigenvalue weighted by Crippen LogP contribution is 2.46. The summed E-state index contributed by atoms with van der Waals surface area (Å²) in [5.74, 6) is 0.766. The lowest BCUT2D eigenvalue weighted by Gasteiger charge is -2.06. The van der Waals surface area contributed by atoms with E-state index in [-0.39, 0.29) is 5.69 Å². The molecule has 84 valence electrons. The van der Waals surface area contributed by atoms with Crippen LogP contribution in [0.5, 0.6) is 0 Å². The molecule has 1 fully saturated rings. The molecule has 2 heterocycles. The van der Waals surface area contributed by atoms with E-state index in [2.05, 4.69) is 34.3 Å². The van der Waals surface area contributed by atoms with Crippen molar-refractivity contribution in [1.82, 2.24) is 19.6 Å². The number of aromatic nitrogens is 4. The third-order valence-electron chi connectivity index (χ3n) is 3.15. The van der Waals surface area contributed by atoms with Gasteiger partial charge in [-0.05, 0) is 11.8 Å². The maximum absolute atomic E-state index is 11.2. The van der Waals surface area contributed by atoms with Crippen LogP contribution in [-0.4, -0.2) is 25.6 Å². The van der Waals surface area contributed by atoms with Gasteiger partial charge < -0.3 is 5.32 Å². The van der Waals surface area contributed by atoms with Crippen molar-refractivity contribution in [3.05, 3.63) is 22.9 Å². The summed E-state index contributed by atoms with van der Waals surface area (Å²) in [6.45, 7) is 4.42. The zero-order valence-corrected chi connectivity index (χ0v) is 9.19. The predicted octanol–water partition coefficient (Wildman–Crippen LogP) is 0.628. The number of nitrogens with one attached hydrogen (secondary N) is 2. The Morgan fingerprint density at radius 2 is 2.38 bits per heavy atom. The van der Waals surface area contributed by atoms with E-state index >= 15 is 0 Å². The highest BCUT2D eigenvalue weighted by molar-refractivity contribution is 5.49. The van der Waals surface area contributed by atoms with Crippen molar-refractivity contribution in [3.63, 3.8) is 0 Å². The summed E-state index contributed by atoms with van der Waals surface area (Å²) in [6, 6.07) is 2.24. The number of nitrogens with zero attached hydrogens (tertiary/aromatic N) is 3. The topological polar surface area (TPSA) is 75.1 Å². The minimum absolute atomic E-state index is 0.263. The number of hydrogen-bond acceptors (Lipinski definition) is 4. The van der Waals surface area contributed by atoms with Gasteiger partial charge in [0.1, 0.15) is 12.1 Å². The monoisotopic (exact) mass is 219 g/mol. The summed E-state index contributed by atoms with van der Waals surface area (Å²) >= 11 is 0. The van der Waals surface area contributed by atoms with Crippen LogP contribution in [0.1, 0.15) is 20.3 Å². The standard InChI is InChI=1S/C10H13N5O/c1-10(2)4-6(10)12-7-3-8-13-14-9(16)15(8)5-11-7/h3,5-6,12H,4H2,1-2H3,(H,14,16). The Bertz CT molecular complexity index is 597.